The lowest BCUT2D eigenvalue weighted by Gasteiger charge is -2.23. The maximum Gasteiger partial charge on any atom is 0.414 e. The van der Waals surface area contributed by atoms with Crippen molar-refractivity contribution in [3.8, 4) is 5.69 Å². The summed E-state index contributed by atoms with van der Waals surface area (Å²) in [4.78, 5) is 63.2. The molecule has 1 aliphatic heterocycles. The van der Waals surface area contributed by atoms with Crippen molar-refractivity contribution in [2.75, 3.05) is 18.0 Å². The van der Waals surface area contributed by atoms with Crippen LogP contribution in [0.2, 0.25) is 0 Å². The molecule has 0 saturated carbocycles. The molecule has 0 radical (unpaired) electrons. The SMILES string of the molecule is O=CN(C[C@@H]1CN(c2ccc(-n3cccn3)c(F)c2)C(=O)O1)OC(=O)CC(O)(CC(=O)O)C(=O)O. The fraction of sp³-hybridized carbons (Fsp3) is 0.300. The molecule has 15 heteroatoms. The van der Waals surface area contributed by atoms with E-state index in [2.05, 4.69) is 9.94 Å². The summed E-state index contributed by atoms with van der Waals surface area (Å²) in [6, 6.07) is 5.55. The molecule has 1 aliphatic rings. The highest BCUT2D eigenvalue weighted by atomic mass is 19.1. The molecule has 2 heterocycles. The van der Waals surface area contributed by atoms with Crippen LogP contribution in [0.4, 0.5) is 14.9 Å². The Morgan fingerprint density at radius 2 is 2.06 bits per heavy atom. The Morgan fingerprint density at radius 1 is 1.31 bits per heavy atom. The summed E-state index contributed by atoms with van der Waals surface area (Å²) >= 11 is 0. The number of nitrogens with zero attached hydrogens (tertiary/aromatic N) is 4. The number of carboxylic acids is 2. The number of benzene rings is 1. The molecule has 14 nitrogen and oxygen atoms in total. The Kier molecular flexibility index (Phi) is 7.29. The number of aliphatic hydroxyl groups is 1. The number of hydroxylamine groups is 2. The molecule has 3 N–H and O–H groups in total. The second-order valence-corrected chi connectivity index (χ2v) is 7.46. The maximum atomic E-state index is 14.5. The summed E-state index contributed by atoms with van der Waals surface area (Å²) in [6.45, 7) is -0.630. The van der Waals surface area contributed by atoms with Crippen molar-refractivity contribution in [2.24, 2.45) is 0 Å². The van der Waals surface area contributed by atoms with E-state index in [0.29, 0.717) is 5.06 Å². The third-order valence-corrected chi connectivity index (χ3v) is 4.87. The maximum absolute atomic E-state index is 14.5. The summed E-state index contributed by atoms with van der Waals surface area (Å²) in [5, 5.41) is 32.0. The molecule has 186 valence electrons. The monoisotopic (exact) mass is 494 g/mol. The third-order valence-electron chi connectivity index (χ3n) is 4.87. The summed E-state index contributed by atoms with van der Waals surface area (Å²) < 4.78 is 20.9. The van der Waals surface area contributed by atoms with Crippen molar-refractivity contribution in [3.05, 3.63) is 42.5 Å². The average molecular weight is 494 g/mol. The topological polar surface area (TPSA) is 189 Å². The van der Waals surface area contributed by atoms with Crippen LogP contribution >= 0.6 is 0 Å². The number of halogens is 1. The molecule has 1 unspecified atom stereocenters. The first kappa shape index (κ1) is 25.1. The van der Waals surface area contributed by atoms with Gasteiger partial charge in [0.25, 0.3) is 0 Å². The minimum absolute atomic E-state index is 0.0456. The van der Waals surface area contributed by atoms with E-state index in [4.69, 9.17) is 14.9 Å². The number of aromatic nitrogens is 2. The number of amides is 2. The molecule has 0 aliphatic carbocycles. The van der Waals surface area contributed by atoms with E-state index >= 15 is 0 Å². The standard InChI is InChI=1S/C20H19FN4O10/c21-14-6-12(2-3-15(14)25-5-1-4-22-25)24-10-13(34-19(24)32)9-23(11-26)35-17(29)8-20(33,18(30)31)7-16(27)28/h1-6,11,13,33H,7-10H2,(H,27,28)(H,30,31)/t13-,20?/m1/s1. The van der Waals surface area contributed by atoms with Crippen LogP contribution in [0, 0.1) is 5.82 Å². The van der Waals surface area contributed by atoms with Crippen LogP contribution in [0.1, 0.15) is 12.8 Å². The summed E-state index contributed by atoms with van der Waals surface area (Å²) in [5.74, 6) is -5.73. The highest BCUT2D eigenvalue weighted by Crippen LogP contribution is 2.26. The van der Waals surface area contributed by atoms with Gasteiger partial charge in [0.2, 0.25) is 6.41 Å². The Bertz CT molecular complexity index is 1140. The molecular weight excluding hydrogens is 475 g/mol. The first-order valence-electron chi connectivity index (χ1n) is 9.90. The number of hydrogen-bond acceptors (Lipinski definition) is 9. The smallest absolute Gasteiger partial charge is 0.414 e. The Morgan fingerprint density at radius 3 is 2.63 bits per heavy atom. The predicted molar refractivity (Wildman–Crippen MR) is 109 cm³/mol. The van der Waals surface area contributed by atoms with Gasteiger partial charge >= 0.3 is 24.0 Å². The van der Waals surface area contributed by atoms with E-state index < -0.39 is 60.9 Å². The average Bonchev–Trinajstić information content (AvgIpc) is 3.42. The second-order valence-electron chi connectivity index (χ2n) is 7.46. The molecule has 35 heavy (non-hydrogen) atoms. The number of hydrogen-bond donors (Lipinski definition) is 3. The molecule has 1 aromatic carbocycles. The molecule has 1 aromatic heterocycles. The van der Waals surface area contributed by atoms with Crippen LogP contribution in [0.3, 0.4) is 0 Å². The Hall–Kier alpha value is -4.53. The molecule has 0 spiro atoms. The quantitative estimate of drug-likeness (QED) is 0.280. The van der Waals surface area contributed by atoms with E-state index in [1.807, 2.05) is 0 Å². The fourth-order valence-corrected chi connectivity index (χ4v) is 3.26. The lowest BCUT2D eigenvalue weighted by atomic mass is 9.96. The van der Waals surface area contributed by atoms with Crippen LogP contribution in [0.25, 0.3) is 5.69 Å². The van der Waals surface area contributed by atoms with E-state index in [0.717, 1.165) is 11.0 Å². The van der Waals surface area contributed by atoms with Gasteiger partial charge in [0, 0.05) is 12.4 Å². The van der Waals surface area contributed by atoms with Gasteiger partial charge in [-0.2, -0.15) is 10.2 Å². The minimum Gasteiger partial charge on any atom is -0.481 e. The zero-order chi connectivity index (χ0) is 25.8. The molecule has 1 saturated heterocycles. The molecule has 2 atom stereocenters. The van der Waals surface area contributed by atoms with Crippen molar-refractivity contribution in [1.29, 1.82) is 0 Å². The summed E-state index contributed by atoms with van der Waals surface area (Å²) in [6.07, 6.45) is -1.39. The van der Waals surface area contributed by atoms with E-state index in [9.17, 15) is 33.5 Å². The Labute approximate surface area is 195 Å². The normalized spacial score (nSPS) is 16.8. The van der Waals surface area contributed by atoms with Gasteiger partial charge in [0.05, 0.1) is 31.6 Å². The number of rotatable bonds is 11. The van der Waals surface area contributed by atoms with Gasteiger partial charge in [0.15, 0.2) is 11.4 Å². The van der Waals surface area contributed by atoms with Crippen molar-refractivity contribution < 1.29 is 53.3 Å². The summed E-state index contributed by atoms with van der Waals surface area (Å²) in [5.41, 5.74) is -2.66. The number of carboxylic acid groups (broad SMARTS) is 2. The van der Waals surface area contributed by atoms with Gasteiger partial charge in [-0.3, -0.25) is 14.5 Å². The van der Waals surface area contributed by atoms with Gasteiger partial charge in [-0.25, -0.2) is 23.5 Å². The Balaban J connectivity index is 1.62. The zero-order valence-corrected chi connectivity index (χ0v) is 17.8. The molecule has 1 fully saturated rings. The lowest BCUT2D eigenvalue weighted by molar-refractivity contribution is -0.200. The van der Waals surface area contributed by atoms with E-state index in [1.54, 1.807) is 6.07 Å². The lowest BCUT2D eigenvalue weighted by Crippen LogP contribution is -2.44. The first-order valence-corrected chi connectivity index (χ1v) is 9.90. The van der Waals surface area contributed by atoms with Gasteiger partial charge in [-0.15, -0.1) is 0 Å². The number of aliphatic carboxylic acids is 2. The predicted octanol–water partition coefficient (Wildman–Crippen LogP) is -0.0663. The summed E-state index contributed by atoms with van der Waals surface area (Å²) in [7, 11) is 0. The zero-order valence-electron chi connectivity index (χ0n) is 17.8. The van der Waals surface area contributed by atoms with E-state index in [-0.39, 0.29) is 24.3 Å². The molecule has 0 bridgehead atoms. The first-order chi connectivity index (χ1) is 16.5. The van der Waals surface area contributed by atoms with Crippen molar-refractivity contribution in [2.45, 2.75) is 24.5 Å². The largest absolute Gasteiger partial charge is 0.481 e. The van der Waals surface area contributed by atoms with Crippen LogP contribution in [0.15, 0.2) is 36.7 Å². The highest BCUT2D eigenvalue weighted by molar-refractivity contribution is 5.90. The van der Waals surface area contributed by atoms with Crippen molar-refractivity contribution in [3.63, 3.8) is 0 Å². The second kappa shape index (κ2) is 10.2. The minimum atomic E-state index is -2.96. The molecule has 3 rings (SSSR count). The van der Waals surface area contributed by atoms with Gasteiger partial charge in [0.1, 0.15) is 11.8 Å². The van der Waals surface area contributed by atoms with E-state index in [1.165, 1.54) is 29.2 Å². The number of ether oxygens (including phenoxy) is 1. The number of carbonyl (C=O) groups excluding carboxylic acids is 3. The number of carbonyl (C=O) groups is 5. The number of anilines is 1. The molecule has 2 aromatic rings. The molecular formula is C20H19FN4O10. The molecule has 2 amide bonds. The van der Waals surface area contributed by atoms with Crippen LogP contribution in [0.5, 0.6) is 0 Å². The van der Waals surface area contributed by atoms with Crippen molar-refractivity contribution in [1.82, 2.24) is 14.8 Å². The third kappa shape index (κ3) is 5.89. The number of cyclic esters (lactones) is 1. The van der Waals surface area contributed by atoms with Crippen LogP contribution in [-0.2, 0) is 28.8 Å². The van der Waals surface area contributed by atoms with Crippen molar-refractivity contribution >= 4 is 36.1 Å². The van der Waals surface area contributed by atoms with Gasteiger partial charge < -0.3 is 24.9 Å². The van der Waals surface area contributed by atoms with Gasteiger partial charge in [-0.1, -0.05) is 0 Å². The van der Waals surface area contributed by atoms with Crippen LogP contribution < -0.4 is 4.90 Å². The fourth-order valence-electron chi connectivity index (χ4n) is 3.26. The highest BCUT2D eigenvalue weighted by Gasteiger charge is 2.42. The van der Waals surface area contributed by atoms with Gasteiger partial charge in [-0.05, 0) is 24.3 Å². The van der Waals surface area contributed by atoms with Crippen LogP contribution in [-0.4, -0.2) is 85.4 Å².